The standard InChI is InChI=1S/C13H7NO4S/c15-10-2-1-7-5-9(8-3-4-19-6-8)13(16)18-12(7)11(10)14-17/h1-6,15H. The minimum atomic E-state index is -0.568. The summed E-state index contributed by atoms with van der Waals surface area (Å²) in [5.41, 5.74) is 0.345. The zero-order valence-corrected chi connectivity index (χ0v) is 10.3. The van der Waals surface area contributed by atoms with E-state index >= 15 is 0 Å². The fourth-order valence-corrected chi connectivity index (χ4v) is 2.52. The Labute approximate surface area is 110 Å². The number of rotatable bonds is 2. The first-order chi connectivity index (χ1) is 9.20. The Hall–Kier alpha value is -2.47. The highest BCUT2D eigenvalue weighted by Crippen LogP contribution is 2.35. The Morgan fingerprint density at radius 3 is 2.79 bits per heavy atom. The predicted octanol–water partition coefficient (Wildman–Crippen LogP) is 3.63. The molecule has 0 radical (unpaired) electrons. The lowest BCUT2D eigenvalue weighted by molar-refractivity contribution is 0.475. The van der Waals surface area contributed by atoms with Crippen molar-refractivity contribution >= 4 is 28.0 Å². The van der Waals surface area contributed by atoms with Crippen LogP contribution in [0.15, 0.2) is 49.4 Å². The van der Waals surface area contributed by atoms with Crippen molar-refractivity contribution in [2.75, 3.05) is 0 Å². The van der Waals surface area contributed by atoms with Crippen LogP contribution in [-0.2, 0) is 0 Å². The normalized spacial score (nSPS) is 10.7. The van der Waals surface area contributed by atoms with Gasteiger partial charge < -0.3 is 9.52 Å². The lowest BCUT2D eigenvalue weighted by atomic mass is 10.1. The van der Waals surface area contributed by atoms with Gasteiger partial charge in [0, 0.05) is 5.39 Å². The Bertz CT molecular complexity index is 821. The third-order valence-electron chi connectivity index (χ3n) is 2.78. The number of aromatic hydroxyl groups is 1. The summed E-state index contributed by atoms with van der Waals surface area (Å²) in [5, 5.41) is 16.4. The average Bonchev–Trinajstić information content (AvgIpc) is 2.92. The molecule has 0 saturated carbocycles. The molecule has 0 aliphatic carbocycles. The van der Waals surface area contributed by atoms with Crippen molar-refractivity contribution in [2.45, 2.75) is 0 Å². The molecule has 94 valence electrons. The van der Waals surface area contributed by atoms with Crippen LogP contribution in [0.25, 0.3) is 22.1 Å². The van der Waals surface area contributed by atoms with Crippen LogP contribution in [0.2, 0.25) is 0 Å². The van der Waals surface area contributed by atoms with Crippen LogP contribution in [0.5, 0.6) is 5.75 Å². The fourth-order valence-electron chi connectivity index (χ4n) is 1.87. The van der Waals surface area contributed by atoms with E-state index < -0.39 is 5.63 Å². The molecule has 1 N–H and O–H groups in total. The summed E-state index contributed by atoms with van der Waals surface area (Å²) in [4.78, 5) is 22.6. The van der Waals surface area contributed by atoms with Gasteiger partial charge in [-0.15, -0.1) is 4.91 Å². The highest BCUT2D eigenvalue weighted by atomic mass is 32.1. The second-order valence-electron chi connectivity index (χ2n) is 3.90. The lowest BCUT2D eigenvalue weighted by Gasteiger charge is -2.03. The summed E-state index contributed by atoms with van der Waals surface area (Å²) >= 11 is 1.47. The van der Waals surface area contributed by atoms with E-state index in [9.17, 15) is 14.8 Å². The summed E-state index contributed by atoms with van der Waals surface area (Å²) in [6.45, 7) is 0. The van der Waals surface area contributed by atoms with E-state index in [-0.39, 0.29) is 17.0 Å². The maximum atomic E-state index is 11.9. The van der Waals surface area contributed by atoms with Crippen LogP contribution in [0.1, 0.15) is 0 Å². The van der Waals surface area contributed by atoms with Crippen LogP contribution in [-0.4, -0.2) is 5.11 Å². The maximum Gasteiger partial charge on any atom is 0.344 e. The number of hydrogen-bond acceptors (Lipinski definition) is 6. The van der Waals surface area contributed by atoms with Gasteiger partial charge in [0.15, 0.2) is 11.3 Å². The molecule has 19 heavy (non-hydrogen) atoms. The van der Waals surface area contributed by atoms with Gasteiger partial charge in [-0.2, -0.15) is 11.3 Å². The third-order valence-corrected chi connectivity index (χ3v) is 3.46. The highest BCUT2D eigenvalue weighted by Gasteiger charge is 2.14. The van der Waals surface area contributed by atoms with E-state index in [1.165, 1.54) is 17.4 Å². The molecular weight excluding hydrogens is 266 g/mol. The third kappa shape index (κ3) is 1.82. The Kier molecular flexibility index (Phi) is 2.64. The summed E-state index contributed by atoms with van der Waals surface area (Å²) in [6.07, 6.45) is 0. The molecule has 2 aromatic heterocycles. The Morgan fingerprint density at radius 1 is 1.26 bits per heavy atom. The molecule has 0 fully saturated rings. The van der Waals surface area contributed by atoms with Crippen LogP contribution in [0, 0.1) is 4.91 Å². The molecule has 5 nitrogen and oxygen atoms in total. The molecule has 1 aromatic carbocycles. The number of fused-ring (bicyclic) bond motifs is 1. The lowest BCUT2D eigenvalue weighted by Crippen LogP contribution is -2.01. The first-order valence-electron chi connectivity index (χ1n) is 5.36. The van der Waals surface area contributed by atoms with E-state index in [4.69, 9.17) is 4.42 Å². The minimum Gasteiger partial charge on any atom is -0.505 e. The molecule has 6 heteroatoms. The molecular formula is C13H7NO4S. The number of thiophene rings is 1. The summed E-state index contributed by atoms with van der Waals surface area (Å²) in [7, 11) is 0. The van der Waals surface area contributed by atoms with E-state index in [0.29, 0.717) is 10.9 Å². The summed E-state index contributed by atoms with van der Waals surface area (Å²) in [5.74, 6) is -0.311. The first-order valence-corrected chi connectivity index (χ1v) is 6.31. The van der Waals surface area contributed by atoms with Gasteiger partial charge in [-0.3, -0.25) is 0 Å². The molecule has 0 aliphatic heterocycles. The van der Waals surface area contributed by atoms with Crippen molar-refractivity contribution in [2.24, 2.45) is 5.18 Å². The number of phenolic OH excluding ortho intramolecular Hbond substituents is 1. The molecule has 3 rings (SSSR count). The molecule has 0 aliphatic rings. The quantitative estimate of drug-likeness (QED) is 0.571. The van der Waals surface area contributed by atoms with Crippen LogP contribution >= 0.6 is 11.3 Å². The Morgan fingerprint density at radius 2 is 2.11 bits per heavy atom. The SMILES string of the molecule is O=Nc1c(O)ccc2cc(-c3ccsc3)c(=O)oc12. The molecule has 0 atom stereocenters. The topological polar surface area (TPSA) is 79.9 Å². The molecule has 3 aromatic rings. The van der Waals surface area contributed by atoms with Gasteiger partial charge in [0.05, 0.1) is 5.56 Å². The van der Waals surface area contributed by atoms with Crippen molar-refractivity contribution in [3.05, 3.63) is 50.4 Å². The first kappa shape index (κ1) is 11.6. The van der Waals surface area contributed by atoms with Crippen molar-refractivity contribution in [3.8, 4) is 16.9 Å². The van der Waals surface area contributed by atoms with E-state index in [0.717, 1.165) is 5.56 Å². The zero-order valence-electron chi connectivity index (χ0n) is 9.49. The van der Waals surface area contributed by atoms with E-state index in [2.05, 4.69) is 5.18 Å². The number of hydrogen-bond donors (Lipinski definition) is 1. The Balaban J connectivity index is 2.37. The van der Waals surface area contributed by atoms with Crippen molar-refractivity contribution in [1.29, 1.82) is 0 Å². The largest absolute Gasteiger partial charge is 0.505 e. The molecule has 0 unspecified atom stereocenters. The van der Waals surface area contributed by atoms with Crippen LogP contribution in [0.4, 0.5) is 5.69 Å². The number of phenols is 1. The van der Waals surface area contributed by atoms with Crippen LogP contribution < -0.4 is 5.63 Å². The van der Waals surface area contributed by atoms with Crippen molar-refractivity contribution in [1.82, 2.24) is 0 Å². The second kappa shape index (κ2) is 4.33. The smallest absolute Gasteiger partial charge is 0.344 e. The predicted molar refractivity (Wildman–Crippen MR) is 72.9 cm³/mol. The second-order valence-corrected chi connectivity index (χ2v) is 4.68. The van der Waals surface area contributed by atoms with Crippen molar-refractivity contribution < 1.29 is 9.52 Å². The fraction of sp³-hybridized carbons (Fsp3) is 0. The van der Waals surface area contributed by atoms with E-state index in [1.807, 2.05) is 16.8 Å². The van der Waals surface area contributed by atoms with E-state index in [1.54, 1.807) is 12.1 Å². The van der Waals surface area contributed by atoms with Gasteiger partial charge in [-0.05, 0) is 45.8 Å². The molecule has 0 spiro atoms. The molecule has 0 saturated heterocycles. The molecule has 0 bridgehead atoms. The number of benzene rings is 1. The van der Waals surface area contributed by atoms with Crippen LogP contribution in [0.3, 0.4) is 0 Å². The highest BCUT2D eigenvalue weighted by molar-refractivity contribution is 7.08. The van der Waals surface area contributed by atoms with Gasteiger partial charge in [-0.25, -0.2) is 4.79 Å². The summed E-state index contributed by atoms with van der Waals surface area (Å²) in [6, 6.07) is 6.34. The molecule has 2 heterocycles. The number of nitroso groups, excluding NO2 is 1. The van der Waals surface area contributed by atoms with Gasteiger partial charge in [0.25, 0.3) is 0 Å². The van der Waals surface area contributed by atoms with Gasteiger partial charge in [0.2, 0.25) is 0 Å². The monoisotopic (exact) mass is 273 g/mol. The van der Waals surface area contributed by atoms with Gasteiger partial charge in [-0.1, -0.05) is 0 Å². The van der Waals surface area contributed by atoms with Crippen molar-refractivity contribution in [3.63, 3.8) is 0 Å². The summed E-state index contributed by atoms with van der Waals surface area (Å²) < 4.78 is 5.11. The minimum absolute atomic E-state index is 0.000945. The van der Waals surface area contributed by atoms with Gasteiger partial charge in [0.1, 0.15) is 5.75 Å². The maximum absolute atomic E-state index is 11.9. The number of nitrogens with zero attached hydrogens (tertiary/aromatic N) is 1. The molecule has 0 amide bonds. The zero-order chi connectivity index (χ0) is 13.4. The van der Waals surface area contributed by atoms with Gasteiger partial charge >= 0.3 is 5.63 Å². The average molecular weight is 273 g/mol.